The van der Waals surface area contributed by atoms with E-state index >= 15 is 0 Å². The van der Waals surface area contributed by atoms with Crippen LogP contribution in [0.1, 0.15) is 15.9 Å². The Hall–Kier alpha value is -1.59. The van der Waals surface area contributed by atoms with Crippen molar-refractivity contribution in [3.8, 4) is 5.75 Å². The number of carbonyl (C=O) groups is 1. The molecule has 104 valence electrons. The Morgan fingerprint density at radius 1 is 1.30 bits per heavy atom. The largest absolute Gasteiger partial charge is 0.485 e. The first-order valence-electron chi connectivity index (χ1n) is 5.64. The molecule has 0 fully saturated rings. The number of amides is 1. The zero-order chi connectivity index (χ0) is 14.7. The fourth-order valence-electron chi connectivity index (χ4n) is 1.62. The lowest BCUT2D eigenvalue weighted by Gasteiger charge is -2.12. The van der Waals surface area contributed by atoms with E-state index in [-0.39, 0.29) is 22.4 Å². The van der Waals surface area contributed by atoms with Crippen LogP contribution in [0.3, 0.4) is 0 Å². The molecule has 1 amide bonds. The van der Waals surface area contributed by atoms with Crippen LogP contribution in [0.4, 0.5) is 4.39 Å². The highest BCUT2D eigenvalue weighted by atomic mass is 79.9. The molecule has 0 spiro atoms. The SMILES string of the molecule is NC(=O)c1ccc(F)c(OCc2ccccc2Cl)c1Br. The minimum atomic E-state index is -0.667. The summed E-state index contributed by atoms with van der Waals surface area (Å²) >= 11 is 9.12. The number of benzene rings is 2. The first-order chi connectivity index (χ1) is 9.50. The number of hydrogen-bond acceptors (Lipinski definition) is 2. The molecule has 0 radical (unpaired) electrons. The maximum atomic E-state index is 13.8. The van der Waals surface area contributed by atoms with Crippen molar-refractivity contribution in [2.75, 3.05) is 0 Å². The number of carbonyl (C=O) groups excluding carboxylic acids is 1. The summed E-state index contributed by atoms with van der Waals surface area (Å²) < 4.78 is 19.4. The van der Waals surface area contributed by atoms with Crippen molar-refractivity contribution < 1.29 is 13.9 Å². The van der Waals surface area contributed by atoms with Gasteiger partial charge < -0.3 is 10.5 Å². The van der Waals surface area contributed by atoms with Crippen LogP contribution in [0.25, 0.3) is 0 Å². The van der Waals surface area contributed by atoms with Gasteiger partial charge in [-0.15, -0.1) is 0 Å². The van der Waals surface area contributed by atoms with Gasteiger partial charge in [-0.25, -0.2) is 4.39 Å². The molecule has 0 aliphatic carbocycles. The van der Waals surface area contributed by atoms with Gasteiger partial charge in [0, 0.05) is 10.6 Å². The molecule has 2 aromatic carbocycles. The number of hydrogen-bond donors (Lipinski definition) is 1. The molecule has 3 nitrogen and oxygen atoms in total. The summed E-state index contributed by atoms with van der Waals surface area (Å²) in [5.74, 6) is -1.32. The molecule has 0 unspecified atom stereocenters. The van der Waals surface area contributed by atoms with Crippen LogP contribution in [0.2, 0.25) is 5.02 Å². The van der Waals surface area contributed by atoms with Crippen LogP contribution >= 0.6 is 27.5 Å². The fraction of sp³-hybridized carbons (Fsp3) is 0.0714. The van der Waals surface area contributed by atoms with Gasteiger partial charge in [0.1, 0.15) is 6.61 Å². The minimum Gasteiger partial charge on any atom is -0.485 e. The average Bonchev–Trinajstić information content (AvgIpc) is 2.40. The number of rotatable bonds is 4. The van der Waals surface area contributed by atoms with Gasteiger partial charge in [-0.2, -0.15) is 0 Å². The third kappa shape index (κ3) is 3.11. The number of primary amides is 1. The van der Waals surface area contributed by atoms with E-state index in [0.717, 1.165) is 6.07 Å². The molecule has 2 aromatic rings. The predicted octanol–water partition coefficient (Wildman–Crippen LogP) is 3.92. The molecule has 6 heteroatoms. The van der Waals surface area contributed by atoms with E-state index in [1.807, 2.05) is 0 Å². The Bertz CT molecular complexity index is 664. The van der Waals surface area contributed by atoms with Crippen molar-refractivity contribution in [2.45, 2.75) is 6.61 Å². The highest BCUT2D eigenvalue weighted by Gasteiger charge is 2.16. The van der Waals surface area contributed by atoms with Gasteiger partial charge >= 0.3 is 0 Å². The highest BCUT2D eigenvalue weighted by Crippen LogP contribution is 2.32. The monoisotopic (exact) mass is 357 g/mol. The molecule has 0 heterocycles. The van der Waals surface area contributed by atoms with E-state index in [1.165, 1.54) is 6.07 Å². The molecule has 2 rings (SSSR count). The predicted molar refractivity (Wildman–Crippen MR) is 78.4 cm³/mol. The molecule has 2 N–H and O–H groups in total. The van der Waals surface area contributed by atoms with Gasteiger partial charge in [-0.05, 0) is 34.1 Å². The van der Waals surface area contributed by atoms with Crippen LogP contribution in [0, 0.1) is 5.82 Å². The summed E-state index contributed by atoms with van der Waals surface area (Å²) in [5, 5.41) is 0.523. The van der Waals surface area contributed by atoms with Crippen LogP contribution in [-0.4, -0.2) is 5.91 Å². The summed E-state index contributed by atoms with van der Waals surface area (Å²) in [6, 6.07) is 9.50. The average molecular weight is 359 g/mol. The molecule has 0 aromatic heterocycles. The van der Waals surface area contributed by atoms with E-state index in [4.69, 9.17) is 22.1 Å². The Labute approximate surface area is 128 Å². The summed E-state index contributed by atoms with van der Waals surface area (Å²) in [6.07, 6.45) is 0. The second-order valence-electron chi connectivity index (χ2n) is 3.98. The Morgan fingerprint density at radius 3 is 2.65 bits per heavy atom. The molecular weight excluding hydrogens is 349 g/mol. The molecule has 0 saturated heterocycles. The van der Waals surface area contributed by atoms with Crippen molar-refractivity contribution in [1.29, 1.82) is 0 Å². The quantitative estimate of drug-likeness (QED) is 0.900. The Kier molecular flexibility index (Phi) is 4.62. The number of ether oxygens (including phenoxy) is 1. The lowest BCUT2D eigenvalue weighted by Crippen LogP contribution is -2.12. The first-order valence-corrected chi connectivity index (χ1v) is 6.82. The summed E-state index contributed by atoms with van der Waals surface area (Å²) in [7, 11) is 0. The van der Waals surface area contributed by atoms with E-state index in [9.17, 15) is 9.18 Å². The number of halogens is 3. The fourth-order valence-corrected chi connectivity index (χ4v) is 2.44. The van der Waals surface area contributed by atoms with Gasteiger partial charge in [0.2, 0.25) is 5.91 Å². The summed E-state index contributed by atoms with van der Waals surface area (Å²) in [4.78, 5) is 11.2. The van der Waals surface area contributed by atoms with E-state index < -0.39 is 11.7 Å². The molecule has 0 aliphatic rings. The lowest BCUT2D eigenvalue weighted by molar-refractivity contribution is 0.0999. The second kappa shape index (κ2) is 6.24. The van der Waals surface area contributed by atoms with E-state index in [1.54, 1.807) is 24.3 Å². The van der Waals surface area contributed by atoms with Crippen molar-refractivity contribution in [2.24, 2.45) is 5.73 Å². The topological polar surface area (TPSA) is 52.3 Å². The molecular formula is C14H10BrClFNO2. The number of nitrogens with two attached hydrogens (primary N) is 1. The van der Waals surface area contributed by atoms with Crippen LogP contribution in [0.15, 0.2) is 40.9 Å². The normalized spacial score (nSPS) is 10.3. The lowest BCUT2D eigenvalue weighted by atomic mass is 10.2. The standard InChI is InChI=1S/C14H10BrClFNO2/c15-12-9(14(18)19)5-6-11(17)13(12)20-7-8-3-1-2-4-10(8)16/h1-6H,7H2,(H2,18,19). The smallest absolute Gasteiger partial charge is 0.249 e. The Balaban J connectivity index is 2.28. The summed E-state index contributed by atoms with van der Waals surface area (Å²) in [6.45, 7) is 0.0808. The molecule has 0 aliphatic heterocycles. The van der Waals surface area contributed by atoms with Gasteiger partial charge in [0.05, 0.1) is 10.0 Å². The van der Waals surface area contributed by atoms with Crippen LogP contribution < -0.4 is 10.5 Å². The third-order valence-electron chi connectivity index (χ3n) is 2.64. The van der Waals surface area contributed by atoms with E-state index in [0.29, 0.717) is 10.6 Å². The molecule has 0 atom stereocenters. The van der Waals surface area contributed by atoms with E-state index in [2.05, 4.69) is 15.9 Å². The Morgan fingerprint density at radius 2 is 2.00 bits per heavy atom. The first kappa shape index (κ1) is 14.8. The van der Waals surface area contributed by atoms with Gasteiger partial charge in [-0.1, -0.05) is 29.8 Å². The second-order valence-corrected chi connectivity index (χ2v) is 5.18. The third-order valence-corrected chi connectivity index (χ3v) is 3.80. The maximum absolute atomic E-state index is 13.8. The minimum absolute atomic E-state index is 0.0683. The molecule has 0 bridgehead atoms. The zero-order valence-corrected chi connectivity index (χ0v) is 12.5. The van der Waals surface area contributed by atoms with Crippen molar-refractivity contribution in [3.05, 3.63) is 62.8 Å². The van der Waals surface area contributed by atoms with Crippen molar-refractivity contribution in [3.63, 3.8) is 0 Å². The van der Waals surface area contributed by atoms with Crippen molar-refractivity contribution >= 4 is 33.4 Å². The maximum Gasteiger partial charge on any atom is 0.249 e. The molecule has 20 heavy (non-hydrogen) atoms. The zero-order valence-electron chi connectivity index (χ0n) is 10.2. The van der Waals surface area contributed by atoms with Crippen LogP contribution in [0.5, 0.6) is 5.75 Å². The van der Waals surface area contributed by atoms with Gasteiger partial charge in [-0.3, -0.25) is 4.79 Å². The van der Waals surface area contributed by atoms with Gasteiger partial charge in [0.25, 0.3) is 0 Å². The summed E-state index contributed by atoms with van der Waals surface area (Å²) in [5.41, 5.74) is 6.06. The van der Waals surface area contributed by atoms with Crippen LogP contribution in [-0.2, 0) is 6.61 Å². The van der Waals surface area contributed by atoms with Crippen molar-refractivity contribution in [1.82, 2.24) is 0 Å². The van der Waals surface area contributed by atoms with Gasteiger partial charge in [0.15, 0.2) is 11.6 Å². The molecule has 0 saturated carbocycles. The highest BCUT2D eigenvalue weighted by molar-refractivity contribution is 9.10.